The third kappa shape index (κ3) is 4.88. The highest BCUT2D eigenvalue weighted by Crippen LogP contribution is 2.19. The molecule has 0 spiro atoms. The van der Waals surface area contributed by atoms with Crippen molar-refractivity contribution in [1.29, 1.82) is 0 Å². The van der Waals surface area contributed by atoms with E-state index in [1.54, 1.807) is 11.3 Å². The summed E-state index contributed by atoms with van der Waals surface area (Å²) in [7, 11) is 3.86. The van der Waals surface area contributed by atoms with Crippen LogP contribution in [0.1, 0.15) is 34.8 Å². The van der Waals surface area contributed by atoms with Crippen LogP contribution in [-0.4, -0.2) is 36.4 Å². The zero-order valence-corrected chi connectivity index (χ0v) is 15.1. The third-order valence-corrected chi connectivity index (χ3v) is 4.68. The lowest BCUT2D eigenvalue weighted by molar-refractivity contribution is -0.125. The quantitative estimate of drug-likeness (QED) is 0.848. The Morgan fingerprint density at radius 3 is 2.78 bits per heavy atom. The maximum Gasteiger partial charge on any atom is 0.241 e. The first-order valence-corrected chi connectivity index (χ1v) is 8.83. The van der Waals surface area contributed by atoms with E-state index in [9.17, 15) is 4.79 Å². The largest absolute Gasteiger partial charge is 0.354 e. The lowest BCUT2D eigenvalue weighted by Crippen LogP contribution is -2.37. The number of carbonyl (C=O) groups excluding carboxylic acids is 1. The molecule has 1 N–H and O–H groups in total. The van der Waals surface area contributed by atoms with Crippen LogP contribution in [0, 0.1) is 6.92 Å². The molecule has 1 aromatic heterocycles. The second kappa shape index (κ2) is 8.22. The number of nitrogens with zero attached hydrogens (tertiary/aromatic N) is 2. The van der Waals surface area contributed by atoms with Gasteiger partial charge in [-0.2, -0.15) is 0 Å². The van der Waals surface area contributed by atoms with E-state index in [2.05, 4.69) is 28.7 Å². The minimum atomic E-state index is -0.266. The second-order valence-electron chi connectivity index (χ2n) is 5.91. The molecule has 1 unspecified atom stereocenters. The number of rotatable bonds is 7. The van der Waals surface area contributed by atoms with E-state index >= 15 is 0 Å². The molecule has 0 bridgehead atoms. The molecule has 0 aliphatic heterocycles. The van der Waals surface area contributed by atoms with Crippen LogP contribution >= 0.6 is 11.3 Å². The molecular weight excluding hydrogens is 306 g/mol. The van der Waals surface area contributed by atoms with Gasteiger partial charge >= 0.3 is 0 Å². The molecule has 5 heteroatoms. The van der Waals surface area contributed by atoms with Crippen molar-refractivity contribution in [2.45, 2.75) is 32.7 Å². The Bertz CT molecular complexity index is 651. The predicted molar refractivity (Wildman–Crippen MR) is 95.8 cm³/mol. The van der Waals surface area contributed by atoms with Gasteiger partial charge < -0.3 is 5.32 Å². The molecule has 2 aromatic rings. The molecule has 0 saturated carbocycles. The summed E-state index contributed by atoms with van der Waals surface area (Å²) in [6.45, 7) is 4.76. The van der Waals surface area contributed by atoms with Gasteiger partial charge in [-0.25, -0.2) is 4.98 Å². The van der Waals surface area contributed by atoms with Crippen LogP contribution in [0.2, 0.25) is 0 Å². The second-order valence-corrected chi connectivity index (χ2v) is 6.85. The summed E-state index contributed by atoms with van der Waals surface area (Å²) in [6.07, 6.45) is 1.74. The van der Waals surface area contributed by atoms with E-state index in [-0.39, 0.29) is 11.9 Å². The summed E-state index contributed by atoms with van der Waals surface area (Å²) in [5.74, 6) is 0.0351. The van der Waals surface area contributed by atoms with E-state index in [0.29, 0.717) is 6.54 Å². The first-order valence-electron chi connectivity index (χ1n) is 7.95. The fourth-order valence-corrected chi connectivity index (χ4v) is 3.42. The molecule has 0 radical (unpaired) electrons. The van der Waals surface area contributed by atoms with Crippen LogP contribution in [0.3, 0.4) is 0 Å². The SMILES string of the molecule is CCc1csc(CCNC(=O)C(c2cccc(C)c2)N(C)C)n1. The van der Waals surface area contributed by atoms with Crippen LogP contribution in [0.25, 0.3) is 0 Å². The molecule has 4 nitrogen and oxygen atoms in total. The van der Waals surface area contributed by atoms with Crippen LogP contribution in [0.5, 0.6) is 0 Å². The zero-order valence-electron chi connectivity index (χ0n) is 14.3. The van der Waals surface area contributed by atoms with Gasteiger partial charge in [0.15, 0.2) is 0 Å². The number of likely N-dealkylation sites (N-methyl/N-ethyl adjacent to an activating group) is 1. The van der Waals surface area contributed by atoms with Crippen molar-refractivity contribution in [2.24, 2.45) is 0 Å². The molecule has 124 valence electrons. The molecule has 1 atom stereocenters. The molecule has 0 saturated heterocycles. The number of nitrogens with one attached hydrogen (secondary N) is 1. The molecule has 1 amide bonds. The van der Waals surface area contributed by atoms with Crippen LogP contribution < -0.4 is 5.32 Å². The molecule has 0 fully saturated rings. The van der Waals surface area contributed by atoms with Gasteiger partial charge in [0.2, 0.25) is 5.91 Å². The average molecular weight is 331 g/mol. The van der Waals surface area contributed by atoms with Gasteiger partial charge in [-0.05, 0) is 33.0 Å². The van der Waals surface area contributed by atoms with Gasteiger partial charge in [0.05, 0.1) is 10.7 Å². The Hall–Kier alpha value is -1.72. The first kappa shape index (κ1) is 17.6. The summed E-state index contributed by atoms with van der Waals surface area (Å²) in [6, 6.07) is 7.85. The standard InChI is InChI=1S/C18H25N3OS/c1-5-15-12-23-16(20-15)9-10-19-18(22)17(21(3)4)14-8-6-7-13(2)11-14/h6-8,11-12,17H,5,9-10H2,1-4H3,(H,19,22). The van der Waals surface area contributed by atoms with Crippen LogP contribution in [0.4, 0.5) is 0 Å². The lowest BCUT2D eigenvalue weighted by atomic mass is 10.0. The Morgan fingerprint density at radius 1 is 1.39 bits per heavy atom. The fraction of sp³-hybridized carbons (Fsp3) is 0.444. The Balaban J connectivity index is 1.96. The van der Waals surface area contributed by atoms with E-state index in [0.717, 1.165) is 34.7 Å². The Morgan fingerprint density at radius 2 is 2.17 bits per heavy atom. The highest BCUT2D eigenvalue weighted by Gasteiger charge is 2.22. The monoisotopic (exact) mass is 331 g/mol. The van der Waals surface area contributed by atoms with Gasteiger partial charge in [0.1, 0.15) is 6.04 Å². The van der Waals surface area contributed by atoms with Gasteiger partial charge in [0.25, 0.3) is 0 Å². The minimum absolute atomic E-state index is 0.0351. The first-order chi connectivity index (χ1) is 11.0. The van der Waals surface area contributed by atoms with Crippen molar-refractivity contribution in [3.63, 3.8) is 0 Å². The summed E-state index contributed by atoms with van der Waals surface area (Å²) in [5.41, 5.74) is 3.31. The number of carbonyl (C=O) groups is 1. The Kier molecular flexibility index (Phi) is 6.30. The van der Waals surface area contributed by atoms with Gasteiger partial charge in [-0.15, -0.1) is 11.3 Å². The molecule has 1 heterocycles. The number of aromatic nitrogens is 1. The molecule has 2 rings (SSSR count). The molecular formula is C18H25N3OS. The number of thiazole rings is 1. The molecule has 1 aromatic carbocycles. The maximum absolute atomic E-state index is 12.6. The van der Waals surface area contributed by atoms with E-state index in [1.807, 2.05) is 44.1 Å². The van der Waals surface area contributed by atoms with Gasteiger partial charge in [-0.3, -0.25) is 9.69 Å². The molecule has 0 aliphatic carbocycles. The molecule has 23 heavy (non-hydrogen) atoms. The van der Waals surface area contributed by atoms with E-state index < -0.39 is 0 Å². The smallest absolute Gasteiger partial charge is 0.241 e. The average Bonchev–Trinajstić information content (AvgIpc) is 2.95. The van der Waals surface area contributed by atoms with Crippen LogP contribution in [0.15, 0.2) is 29.6 Å². The van der Waals surface area contributed by atoms with Crippen molar-refractivity contribution in [3.05, 3.63) is 51.5 Å². The summed E-state index contributed by atoms with van der Waals surface area (Å²) in [5, 5.41) is 6.22. The number of amides is 1. The van der Waals surface area contributed by atoms with Crippen LogP contribution in [-0.2, 0) is 17.6 Å². The van der Waals surface area contributed by atoms with Crippen molar-refractivity contribution in [2.75, 3.05) is 20.6 Å². The predicted octanol–water partition coefficient (Wildman–Crippen LogP) is 2.98. The topological polar surface area (TPSA) is 45.2 Å². The van der Waals surface area contributed by atoms with Gasteiger partial charge in [0, 0.05) is 18.3 Å². The summed E-state index contributed by atoms with van der Waals surface area (Å²) >= 11 is 1.67. The highest BCUT2D eigenvalue weighted by molar-refractivity contribution is 7.09. The van der Waals surface area contributed by atoms with Crippen molar-refractivity contribution in [1.82, 2.24) is 15.2 Å². The summed E-state index contributed by atoms with van der Waals surface area (Å²) < 4.78 is 0. The zero-order chi connectivity index (χ0) is 16.8. The van der Waals surface area contributed by atoms with Crippen molar-refractivity contribution >= 4 is 17.2 Å². The Labute approximate surface area is 142 Å². The number of aryl methyl sites for hydroxylation is 2. The minimum Gasteiger partial charge on any atom is -0.354 e. The summed E-state index contributed by atoms with van der Waals surface area (Å²) in [4.78, 5) is 19.1. The fourth-order valence-electron chi connectivity index (χ4n) is 2.54. The molecule has 0 aliphatic rings. The highest BCUT2D eigenvalue weighted by atomic mass is 32.1. The normalized spacial score (nSPS) is 12.4. The van der Waals surface area contributed by atoms with Gasteiger partial charge in [-0.1, -0.05) is 36.8 Å². The number of benzene rings is 1. The van der Waals surface area contributed by atoms with Crippen molar-refractivity contribution < 1.29 is 4.79 Å². The van der Waals surface area contributed by atoms with E-state index in [4.69, 9.17) is 0 Å². The lowest BCUT2D eigenvalue weighted by Gasteiger charge is -2.24. The number of hydrogen-bond acceptors (Lipinski definition) is 4. The third-order valence-electron chi connectivity index (χ3n) is 3.72. The van der Waals surface area contributed by atoms with E-state index in [1.165, 1.54) is 0 Å². The van der Waals surface area contributed by atoms with Crippen molar-refractivity contribution in [3.8, 4) is 0 Å². The maximum atomic E-state index is 12.6. The number of hydrogen-bond donors (Lipinski definition) is 1.